The van der Waals surface area contributed by atoms with Gasteiger partial charge in [0.2, 0.25) is 4.93 Å². The summed E-state index contributed by atoms with van der Waals surface area (Å²) in [5.74, 6) is -0.141. The van der Waals surface area contributed by atoms with E-state index in [1.807, 2.05) is 0 Å². The van der Waals surface area contributed by atoms with Crippen molar-refractivity contribution in [2.24, 2.45) is 0 Å². The standard InChI is InChI=1S/C8H8O6S.Na/c9-5-1-2-6-7(3-5)14-4-8(6,10)15(11,12)13;/h1-3,9-10H,4H2,(H,11,12,13);/q;+1/p-1. The van der Waals surface area contributed by atoms with Crippen LogP contribution >= 0.6 is 0 Å². The largest absolute Gasteiger partial charge is 1.00 e. The van der Waals surface area contributed by atoms with Gasteiger partial charge in [-0.05, 0) is 12.1 Å². The van der Waals surface area contributed by atoms with Gasteiger partial charge in [0.05, 0.1) is 0 Å². The molecule has 1 atom stereocenters. The topological polar surface area (TPSA) is 107 Å². The number of phenols is 1. The summed E-state index contributed by atoms with van der Waals surface area (Å²) in [5.41, 5.74) is -0.143. The molecule has 0 spiro atoms. The number of ether oxygens (including phenoxy) is 1. The number of aliphatic hydroxyl groups is 1. The molecule has 1 aliphatic heterocycles. The molecule has 82 valence electrons. The van der Waals surface area contributed by atoms with Crippen LogP contribution in [0.4, 0.5) is 0 Å². The Labute approximate surface area is 114 Å². The van der Waals surface area contributed by atoms with E-state index in [0.717, 1.165) is 12.1 Å². The summed E-state index contributed by atoms with van der Waals surface area (Å²) in [6.07, 6.45) is 0. The van der Waals surface area contributed by atoms with E-state index in [1.54, 1.807) is 0 Å². The average molecular weight is 254 g/mol. The SMILES string of the molecule is O=S(=O)([O-])C1(O)COc2cc(O)ccc21.[Na+]. The Hall–Kier alpha value is -0.310. The van der Waals surface area contributed by atoms with Gasteiger partial charge in [-0.1, -0.05) is 0 Å². The minimum absolute atomic E-state index is 0. The molecule has 0 radical (unpaired) electrons. The Morgan fingerprint density at radius 1 is 1.44 bits per heavy atom. The number of fused-ring (bicyclic) bond motifs is 1. The maximum atomic E-state index is 10.9. The summed E-state index contributed by atoms with van der Waals surface area (Å²) in [5, 5.41) is 18.7. The fourth-order valence-electron chi connectivity index (χ4n) is 1.41. The maximum Gasteiger partial charge on any atom is 1.00 e. The number of benzene rings is 1. The van der Waals surface area contributed by atoms with Gasteiger partial charge in [-0.25, -0.2) is 8.42 Å². The Morgan fingerprint density at radius 3 is 2.62 bits per heavy atom. The summed E-state index contributed by atoms with van der Waals surface area (Å²) >= 11 is 0. The van der Waals surface area contributed by atoms with Crippen molar-refractivity contribution in [1.82, 2.24) is 0 Å². The van der Waals surface area contributed by atoms with E-state index in [4.69, 9.17) is 9.84 Å². The molecule has 1 unspecified atom stereocenters. The molecule has 2 N–H and O–H groups in total. The Morgan fingerprint density at radius 2 is 2.06 bits per heavy atom. The molecule has 0 bridgehead atoms. The van der Waals surface area contributed by atoms with Crippen LogP contribution in [0.15, 0.2) is 18.2 Å². The molecule has 0 aliphatic carbocycles. The third kappa shape index (κ3) is 1.94. The predicted octanol–water partition coefficient (Wildman–Crippen LogP) is -3.52. The van der Waals surface area contributed by atoms with Crippen LogP contribution in [-0.4, -0.2) is 29.8 Å². The second-order valence-corrected chi connectivity index (χ2v) is 4.79. The molecular formula is C8H7NaO6S. The van der Waals surface area contributed by atoms with Crippen LogP contribution in [0.2, 0.25) is 0 Å². The second-order valence-electron chi connectivity index (χ2n) is 3.21. The van der Waals surface area contributed by atoms with Crippen molar-refractivity contribution in [2.45, 2.75) is 4.93 Å². The monoisotopic (exact) mass is 254 g/mol. The molecule has 0 aromatic heterocycles. The van der Waals surface area contributed by atoms with Crippen LogP contribution in [0.1, 0.15) is 5.56 Å². The van der Waals surface area contributed by atoms with E-state index in [2.05, 4.69) is 0 Å². The zero-order chi connectivity index (χ0) is 11.3. The van der Waals surface area contributed by atoms with Gasteiger partial charge >= 0.3 is 29.6 Å². The van der Waals surface area contributed by atoms with Crippen molar-refractivity contribution in [3.8, 4) is 11.5 Å². The predicted molar refractivity (Wildman–Crippen MR) is 47.2 cm³/mol. The van der Waals surface area contributed by atoms with Crippen molar-refractivity contribution >= 4 is 10.1 Å². The first kappa shape index (κ1) is 13.8. The van der Waals surface area contributed by atoms with Crippen LogP contribution in [0.5, 0.6) is 11.5 Å². The van der Waals surface area contributed by atoms with E-state index in [9.17, 15) is 18.1 Å². The summed E-state index contributed by atoms with van der Waals surface area (Å²) in [4.78, 5) is -2.56. The fraction of sp³-hybridized carbons (Fsp3) is 0.250. The smallest absolute Gasteiger partial charge is 0.745 e. The van der Waals surface area contributed by atoms with E-state index in [0.29, 0.717) is 0 Å². The molecule has 0 amide bonds. The van der Waals surface area contributed by atoms with Gasteiger partial charge in [0.1, 0.15) is 28.2 Å². The van der Waals surface area contributed by atoms with Crippen molar-refractivity contribution < 1.29 is 57.5 Å². The number of aromatic hydroxyl groups is 1. The molecule has 1 aliphatic rings. The first-order chi connectivity index (χ1) is 6.84. The van der Waals surface area contributed by atoms with Gasteiger partial charge in [-0.15, -0.1) is 0 Å². The Balaban J connectivity index is 0.00000128. The van der Waals surface area contributed by atoms with Crippen LogP contribution in [0, 0.1) is 0 Å². The number of hydrogen-bond acceptors (Lipinski definition) is 6. The van der Waals surface area contributed by atoms with Crippen LogP contribution in [0.3, 0.4) is 0 Å². The van der Waals surface area contributed by atoms with E-state index >= 15 is 0 Å². The van der Waals surface area contributed by atoms with Gasteiger partial charge < -0.3 is 19.5 Å². The minimum atomic E-state index is -4.93. The number of rotatable bonds is 1. The third-order valence-electron chi connectivity index (χ3n) is 2.22. The Bertz CT molecular complexity index is 513. The quantitative estimate of drug-likeness (QED) is 0.397. The zero-order valence-electron chi connectivity index (χ0n) is 8.37. The normalized spacial score (nSPS) is 23.1. The van der Waals surface area contributed by atoms with Gasteiger partial charge in [0.15, 0.2) is 0 Å². The molecular weight excluding hydrogens is 247 g/mol. The maximum absolute atomic E-state index is 10.9. The molecule has 8 heteroatoms. The molecule has 1 aromatic rings. The first-order valence-electron chi connectivity index (χ1n) is 3.99. The van der Waals surface area contributed by atoms with Gasteiger partial charge in [0, 0.05) is 11.6 Å². The van der Waals surface area contributed by atoms with Crippen molar-refractivity contribution in [3.05, 3.63) is 23.8 Å². The molecule has 2 rings (SSSR count). The van der Waals surface area contributed by atoms with Crippen LogP contribution in [-0.2, 0) is 15.1 Å². The minimum Gasteiger partial charge on any atom is -0.745 e. The summed E-state index contributed by atoms with van der Waals surface area (Å²) in [6, 6.07) is 3.45. The molecule has 16 heavy (non-hydrogen) atoms. The van der Waals surface area contributed by atoms with Crippen LogP contribution < -0.4 is 34.3 Å². The van der Waals surface area contributed by atoms with Gasteiger partial charge in [0.25, 0.3) is 0 Å². The molecule has 0 fully saturated rings. The van der Waals surface area contributed by atoms with Crippen molar-refractivity contribution in [1.29, 1.82) is 0 Å². The summed E-state index contributed by atoms with van der Waals surface area (Å²) in [6.45, 7) is -0.655. The zero-order valence-corrected chi connectivity index (χ0v) is 11.2. The van der Waals surface area contributed by atoms with E-state index in [1.165, 1.54) is 6.07 Å². The molecule has 1 aromatic carbocycles. The summed E-state index contributed by atoms with van der Waals surface area (Å²) in [7, 11) is -4.93. The second kappa shape index (κ2) is 4.17. The average Bonchev–Trinajstić information content (AvgIpc) is 2.43. The van der Waals surface area contributed by atoms with Crippen molar-refractivity contribution in [2.75, 3.05) is 6.61 Å². The van der Waals surface area contributed by atoms with Gasteiger partial charge in [-0.3, -0.25) is 0 Å². The number of phenolic OH excluding ortho intramolecular Hbond substituents is 1. The fourth-order valence-corrected chi connectivity index (χ4v) is 2.05. The van der Waals surface area contributed by atoms with E-state index < -0.39 is 21.7 Å². The molecule has 6 nitrogen and oxygen atoms in total. The molecule has 0 saturated heterocycles. The summed E-state index contributed by atoms with van der Waals surface area (Å²) < 4.78 is 37.4. The van der Waals surface area contributed by atoms with Crippen molar-refractivity contribution in [3.63, 3.8) is 0 Å². The first-order valence-corrected chi connectivity index (χ1v) is 5.39. The van der Waals surface area contributed by atoms with E-state index in [-0.39, 0.29) is 46.6 Å². The number of hydrogen-bond donors (Lipinski definition) is 2. The molecule has 1 heterocycles. The Kier molecular flexibility index (Phi) is 3.59. The third-order valence-corrected chi connectivity index (χ3v) is 3.39. The van der Waals surface area contributed by atoms with Crippen LogP contribution in [0.25, 0.3) is 0 Å². The van der Waals surface area contributed by atoms with Gasteiger partial charge in [-0.2, -0.15) is 0 Å². The molecule has 0 saturated carbocycles.